The second kappa shape index (κ2) is 5.38. The first kappa shape index (κ1) is 15.5. The quantitative estimate of drug-likeness (QED) is 0.930. The summed E-state index contributed by atoms with van der Waals surface area (Å²) in [6.07, 6.45) is 0. The van der Waals surface area contributed by atoms with Crippen LogP contribution in [0.1, 0.15) is 23.6 Å². The lowest BCUT2D eigenvalue weighted by Gasteiger charge is -2.56. The van der Waals surface area contributed by atoms with Gasteiger partial charge in [-0.25, -0.2) is 0 Å². The third kappa shape index (κ3) is 2.36. The normalized spacial score (nSPS) is 20.2. The minimum Gasteiger partial charge on any atom is -0.380 e. The summed E-state index contributed by atoms with van der Waals surface area (Å²) >= 11 is 6.18. The Bertz CT molecular complexity index is 676. The molecule has 0 aromatic heterocycles. The van der Waals surface area contributed by atoms with Crippen molar-refractivity contribution in [3.05, 3.63) is 70.2 Å². The summed E-state index contributed by atoms with van der Waals surface area (Å²) in [6.45, 7) is 5.91. The van der Waals surface area contributed by atoms with Gasteiger partial charge in [0.2, 0.25) is 0 Å². The average molecular weight is 316 g/mol. The summed E-state index contributed by atoms with van der Waals surface area (Å²) in [5.74, 6) is 0. The first-order valence-electron chi connectivity index (χ1n) is 7.59. The molecule has 2 aromatic carbocycles. The topological polar surface area (TPSA) is 23.5 Å². The summed E-state index contributed by atoms with van der Waals surface area (Å²) in [4.78, 5) is 2.23. The number of hydrogen-bond donors (Lipinski definition) is 1. The molecule has 0 aliphatic carbocycles. The van der Waals surface area contributed by atoms with Crippen molar-refractivity contribution in [1.29, 1.82) is 0 Å². The summed E-state index contributed by atoms with van der Waals surface area (Å²) < 4.78 is 0. The van der Waals surface area contributed by atoms with Crippen molar-refractivity contribution >= 4 is 11.6 Å². The highest BCUT2D eigenvalue weighted by atomic mass is 35.5. The minimum atomic E-state index is -1.04. The van der Waals surface area contributed by atoms with Crippen LogP contribution in [0.2, 0.25) is 5.02 Å². The Morgan fingerprint density at radius 2 is 1.73 bits per heavy atom. The smallest absolute Gasteiger partial charge is 0.122 e. The fraction of sp³-hybridized carbons (Fsp3) is 0.368. The standard InChI is InChI=1S/C19H22ClNO/c1-14-7-9-15(10-8-14)19(22,18(2)12-21(3)13-18)16-5-4-6-17(20)11-16/h4-11,22H,12-13H2,1-3H3. The summed E-state index contributed by atoms with van der Waals surface area (Å²) in [5, 5.41) is 12.4. The number of hydrogen-bond acceptors (Lipinski definition) is 2. The fourth-order valence-electron chi connectivity index (χ4n) is 3.75. The molecule has 0 saturated carbocycles. The van der Waals surface area contributed by atoms with Gasteiger partial charge in [-0.15, -0.1) is 0 Å². The van der Waals surface area contributed by atoms with Crippen molar-refractivity contribution in [2.45, 2.75) is 19.4 Å². The molecule has 2 aromatic rings. The van der Waals surface area contributed by atoms with Crippen LogP contribution in [0.3, 0.4) is 0 Å². The van der Waals surface area contributed by atoms with Gasteiger partial charge >= 0.3 is 0 Å². The number of aryl methyl sites for hydroxylation is 1. The molecule has 3 rings (SSSR count). The Morgan fingerprint density at radius 3 is 2.27 bits per heavy atom. The van der Waals surface area contributed by atoms with Gasteiger partial charge in [0, 0.05) is 23.5 Å². The first-order chi connectivity index (χ1) is 10.3. The Kier molecular flexibility index (Phi) is 3.80. The van der Waals surface area contributed by atoms with Crippen molar-refractivity contribution in [3.8, 4) is 0 Å². The largest absolute Gasteiger partial charge is 0.380 e. The van der Waals surface area contributed by atoms with Crippen LogP contribution in [-0.4, -0.2) is 30.1 Å². The highest BCUT2D eigenvalue weighted by Crippen LogP contribution is 2.50. The molecule has 1 saturated heterocycles. The molecule has 1 fully saturated rings. The van der Waals surface area contributed by atoms with E-state index in [1.54, 1.807) is 0 Å². The molecule has 1 N–H and O–H groups in total. The predicted octanol–water partition coefficient (Wildman–Crippen LogP) is 3.84. The summed E-state index contributed by atoms with van der Waals surface area (Å²) in [6, 6.07) is 15.8. The second-order valence-corrected chi connectivity index (χ2v) is 7.26. The molecule has 0 amide bonds. The molecule has 0 radical (unpaired) electrons. The lowest BCUT2D eigenvalue weighted by molar-refractivity contribution is -0.127. The molecule has 116 valence electrons. The number of aliphatic hydroxyl groups is 1. The number of rotatable bonds is 3. The van der Waals surface area contributed by atoms with Gasteiger partial charge in [-0.1, -0.05) is 60.5 Å². The zero-order valence-corrected chi connectivity index (χ0v) is 14.1. The van der Waals surface area contributed by atoms with Crippen LogP contribution in [0.4, 0.5) is 0 Å². The van der Waals surface area contributed by atoms with Crippen molar-refractivity contribution in [3.63, 3.8) is 0 Å². The van der Waals surface area contributed by atoms with Gasteiger partial charge in [0.1, 0.15) is 5.60 Å². The monoisotopic (exact) mass is 315 g/mol. The number of halogens is 1. The van der Waals surface area contributed by atoms with E-state index >= 15 is 0 Å². The summed E-state index contributed by atoms with van der Waals surface area (Å²) in [5.41, 5.74) is 1.70. The molecule has 1 aliphatic rings. The second-order valence-electron chi connectivity index (χ2n) is 6.82. The van der Waals surface area contributed by atoms with Gasteiger partial charge in [0.05, 0.1) is 0 Å². The van der Waals surface area contributed by atoms with Crippen LogP contribution in [0.5, 0.6) is 0 Å². The zero-order chi connectivity index (χ0) is 16.0. The van der Waals surface area contributed by atoms with Crippen molar-refractivity contribution < 1.29 is 5.11 Å². The lowest BCUT2D eigenvalue weighted by Crippen LogP contribution is -2.63. The summed E-state index contributed by atoms with van der Waals surface area (Å²) in [7, 11) is 2.08. The Morgan fingerprint density at radius 1 is 1.09 bits per heavy atom. The van der Waals surface area contributed by atoms with Crippen LogP contribution in [0.15, 0.2) is 48.5 Å². The van der Waals surface area contributed by atoms with Gasteiger partial charge in [-0.05, 0) is 37.2 Å². The van der Waals surface area contributed by atoms with Crippen LogP contribution < -0.4 is 0 Å². The molecule has 3 heteroatoms. The van der Waals surface area contributed by atoms with E-state index < -0.39 is 5.60 Å². The van der Waals surface area contributed by atoms with Gasteiger partial charge < -0.3 is 10.0 Å². The molecule has 2 nitrogen and oxygen atoms in total. The molecular weight excluding hydrogens is 294 g/mol. The van der Waals surface area contributed by atoms with Crippen LogP contribution in [0.25, 0.3) is 0 Å². The van der Waals surface area contributed by atoms with E-state index in [2.05, 4.69) is 37.9 Å². The lowest BCUT2D eigenvalue weighted by atomic mass is 9.62. The zero-order valence-electron chi connectivity index (χ0n) is 13.3. The molecule has 22 heavy (non-hydrogen) atoms. The SMILES string of the molecule is Cc1ccc(C(O)(c2cccc(Cl)c2)C2(C)CN(C)C2)cc1. The number of nitrogens with zero attached hydrogens (tertiary/aromatic N) is 1. The maximum absolute atomic E-state index is 11.8. The van der Waals surface area contributed by atoms with E-state index in [-0.39, 0.29) is 5.41 Å². The van der Waals surface area contributed by atoms with E-state index in [1.807, 2.05) is 36.4 Å². The number of likely N-dealkylation sites (tertiary alicyclic amines) is 1. The molecule has 1 unspecified atom stereocenters. The maximum atomic E-state index is 11.8. The predicted molar refractivity (Wildman–Crippen MR) is 91.2 cm³/mol. The third-order valence-electron chi connectivity index (χ3n) is 4.82. The van der Waals surface area contributed by atoms with E-state index in [1.165, 1.54) is 5.56 Å². The molecule has 0 spiro atoms. The van der Waals surface area contributed by atoms with Gasteiger partial charge in [-0.3, -0.25) is 0 Å². The third-order valence-corrected chi connectivity index (χ3v) is 5.06. The highest BCUT2D eigenvalue weighted by molar-refractivity contribution is 6.30. The van der Waals surface area contributed by atoms with Gasteiger partial charge in [0.15, 0.2) is 0 Å². The fourth-order valence-corrected chi connectivity index (χ4v) is 3.94. The van der Waals surface area contributed by atoms with Crippen LogP contribution >= 0.6 is 11.6 Å². The molecular formula is C19H22ClNO. The minimum absolute atomic E-state index is 0.234. The Labute approximate surface area is 137 Å². The van der Waals surface area contributed by atoms with Gasteiger partial charge in [-0.2, -0.15) is 0 Å². The maximum Gasteiger partial charge on any atom is 0.122 e. The van der Waals surface area contributed by atoms with E-state index in [4.69, 9.17) is 11.6 Å². The highest BCUT2D eigenvalue weighted by Gasteiger charge is 2.55. The number of benzene rings is 2. The first-order valence-corrected chi connectivity index (χ1v) is 7.97. The van der Waals surface area contributed by atoms with Gasteiger partial charge in [0.25, 0.3) is 0 Å². The Balaban J connectivity index is 2.16. The van der Waals surface area contributed by atoms with E-state index in [9.17, 15) is 5.11 Å². The Hall–Kier alpha value is -1.35. The molecule has 1 aliphatic heterocycles. The van der Waals surface area contributed by atoms with Crippen molar-refractivity contribution in [1.82, 2.24) is 4.90 Å². The molecule has 1 atom stereocenters. The van der Waals surface area contributed by atoms with Crippen molar-refractivity contribution in [2.75, 3.05) is 20.1 Å². The van der Waals surface area contributed by atoms with Crippen LogP contribution in [0, 0.1) is 12.3 Å². The average Bonchev–Trinajstić information content (AvgIpc) is 2.45. The van der Waals surface area contributed by atoms with E-state index in [0.717, 1.165) is 24.2 Å². The molecule has 1 heterocycles. The van der Waals surface area contributed by atoms with E-state index in [0.29, 0.717) is 5.02 Å². The molecule has 0 bridgehead atoms. The van der Waals surface area contributed by atoms with Crippen molar-refractivity contribution in [2.24, 2.45) is 5.41 Å². The van der Waals surface area contributed by atoms with Crippen LogP contribution in [-0.2, 0) is 5.60 Å².